The maximum Gasteiger partial charge on any atom is 0.233 e. The standard InChI is InChI=1S/C26H28F2N6O2/c1-25(2)11-20(24(28)26(3,4)33-25)36-21-9-8-18(30-31-21)23-19(35)10-14(12-29-23)15-6-7-17(27)22-16(15)13-34(5)32-22/h6-10,12-13,20,24,33,35H,11H2,1-5H3/t20-,24-/m0/s1. The molecule has 0 aliphatic carbocycles. The number of aryl methyl sites for hydroxylation is 1. The lowest BCUT2D eigenvalue weighted by Gasteiger charge is -2.48. The molecule has 0 spiro atoms. The molecule has 4 aromatic rings. The minimum Gasteiger partial charge on any atom is -0.506 e. The van der Waals surface area contributed by atoms with E-state index in [1.165, 1.54) is 10.7 Å². The summed E-state index contributed by atoms with van der Waals surface area (Å²) in [4.78, 5) is 4.37. The van der Waals surface area contributed by atoms with Crippen molar-refractivity contribution in [3.05, 3.63) is 48.5 Å². The Morgan fingerprint density at radius 3 is 2.61 bits per heavy atom. The van der Waals surface area contributed by atoms with E-state index in [4.69, 9.17) is 4.74 Å². The van der Waals surface area contributed by atoms with Crippen LogP contribution in [0.5, 0.6) is 11.6 Å². The predicted molar refractivity (Wildman–Crippen MR) is 132 cm³/mol. The summed E-state index contributed by atoms with van der Waals surface area (Å²) in [7, 11) is 1.72. The Bertz CT molecular complexity index is 1430. The Hall–Kier alpha value is -3.66. The maximum absolute atomic E-state index is 15.0. The van der Waals surface area contributed by atoms with Gasteiger partial charge in [0.15, 0.2) is 12.0 Å². The minimum atomic E-state index is -1.23. The number of ether oxygens (including phenoxy) is 1. The number of alkyl halides is 1. The molecule has 1 fully saturated rings. The van der Waals surface area contributed by atoms with Crippen LogP contribution in [0.15, 0.2) is 42.7 Å². The first-order valence-corrected chi connectivity index (χ1v) is 11.7. The number of pyridine rings is 1. The molecule has 2 N–H and O–H groups in total. The van der Waals surface area contributed by atoms with E-state index in [0.29, 0.717) is 28.6 Å². The third kappa shape index (κ3) is 4.37. The first-order valence-electron chi connectivity index (χ1n) is 11.7. The van der Waals surface area contributed by atoms with Crippen LogP contribution in [0.25, 0.3) is 33.4 Å². The summed E-state index contributed by atoms with van der Waals surface area (Å²) in [5, 5.41) is 27.0. The average Bonchev–Trinajstić information content (AvgIpc) is 3.19. The Labute approximate surface area is 207 Å². The van der Waals surface area contributed by atoms with Gasteiger partial charge in [-0.2, -0.15) is 5.10 Å². The summed E-state index contributed by atoms with van der Waals surface area (Å²) in [5.41, 5.74) is 1.06. The van der Waals surface area contributed by atoms with Crippen molar-refractivity contribution < 1.29 is 18.6 Å². The fourth-order valence-corrected chi connectivity index (χ4v) is 5.07. The molecule has 1 aliphatic rings. The van der Waals surface area contributed by atoms with E-state index in [1.54, 1.807) is 43.7 Å². The van der Waals surface area contributed by atoms with Crippen molar-refractivity contribution in [3.8, 4) is 34.1 Å². The van der Waals surface area contributed by atoms with Gasteiger partial charge in [-0.25, -0.2) is 13.8 Å². The number of hydrogen-bond donors (Lipinski definition) is 2. The van der Waals surface area contributed by atoms with Crippen LogP contribution in [0, 0.1) is 5.82 Å². The summed E-state index contributed by atoms with van der Waals surface area (Å²) in [6.07, 6.45) is 1.85. The summed E-state index contributed by atoms with van der Waals surface area (Å²) < 4.78 is 36.6. The Kier molecular flexibility index (Phi) is 5.66. The quantitative estimate of drug-likeness (QED) is 0.429. The van der Waals surface area contributed by atoms with Crippen LogP contribution in [-0.4, -0.2) is 53.4 Å². The molecule has 8 nitrogen and oxygen atoms in total. The zero-order chi connectivity index (χ0) is 25.8. The number of halogens is 2. The molecular weight excluding hydrogens is 466 g/mol. The molecule has 1 saturated heterocycles. The zero-order valence-corrected chi connectivity index (χ0v) is 20.8. The van der Waals surface area contributed by atoms with Gasteiger partial charge in [0.2, 0.25) is 5.88 Å². The first-order chi connectivity index (χ1) is 16.9. The van der Waals surface area contributed by atoms with Crippen molar-refractivity contribution in [1.29, 1.82) is 0 Å². The van der Waals surface area contributed by atoms with E-state index >= 15 is 4.39 Å². The fourth-order valence-electron chi connectivity index (χ4n) is 5.07. The number of aromatic hydroxyl groups is 1. The molecule has 0 amide bonds. The number of benzene rings is 1. The molecule has 1 aromatic carbocycles. The number of nitrogens with zero attached hydrogens (tertiary/aromatic N) is 5. The summed E-state index contributed by atoms with van der Waals surface area (Å²) >= 11 is 0. The van der Waals surface area contributed by atoms with Gasteiger partial charge in [-0.15, -0.1) is 10.2 Å². The van der Waals surface area contributed by atoms with Crippen LogP contribution >= 0.6 is 0 Å². The van der Waals surface area contributed by atoms with Gasteiger partial charge in [0, 0.05) is 54.0 Å². The van der Waals surface area contributed by atoms with Crippen LogP contribution in [-0.2, 0) is 7.05 Å². The fraction of sp³-hybridized carbons (Fsp3) is 0.385. The molecule has 0 bridgehead atoms. The van der Waals surface area contributed by atoms with Crippen molar-refractivity contribution in [2.24, 2.45) is 7.05 Å². The van der Waals surface area contributed by atoms with Crippen LogP contribution in [0.2, 0.25) is 0 Å². The third-order valence-corrected chi connectivity index (χ3v) is 6.46. The van der Waals surface area contributed by atoms with Crippen LogP contribution in [0.3, 0.4) is 0 Å². The van der Waals surface area contributed by atoms with Crippen molar-refractivity contribution in [2.45, 2.75) is 57.5 Å². The predicted octanol–water partition coefficient (Wildman–Crippen LogP) is 4.57. The number of aromatic nitrogens is 5. The van der Waals surface area contributed by atoms with Gasteiger partial charge in [0.05, 0.1) is 0 Å². The Balaban J connectivity index is 1.39. The topological polar surface area (TPSA) is 98.0 Å². The summed E-state index contributed by atoms with van der Waals surface area (Å²) in [5.74, 6) is -0.333. The second kappa shape index (κ2) is 8.48. The third-order valence-electron chi connectivity index (χ3n) is 6.46. The molecule has 0 saturated carbocycles. The second-order valence-electron chi connectivity index (χ2n) is 10.5. The van der Waals surface area contributed by atoms with Crippen LogP contribution in [0.1, 0.15) is 34.1 Å². The molecule has 188 valence electrons. The van der Waals surface area contributed by atoms with E-state index in [9.17, 15) is 9.50 Å². The van der Waals surface area contributed by atoms with Gasteiger partial charge in [0.25, 0.3) is 0 Å². The normalized spacial score (nSPS) is 21.0. The number of rotatable bonds is 4. The first kappa shape index (κ1) is 24.1. The number of fused-ring (bicyclic) bond motifs is 1. The van der Waals surface area contributed by atoms with Crippen molar-refractivity contribution in [2.75, 3.05) is 0 Å². The number of piperidine rings is 1. The van der Waals surface area contributed by atoms with E-state index < -0.39 is 23.6 Å². The molecule has 2 atom stereocenters. The Morgan fingerprint density at radius 1 is 1.14 bits per heavy atom. The molecule has 10 heteroatoms. The average molecular weight is 495 g/mol. The van der Waals surface area contributed by atoms with Gasteiger partial charge in [-0.05, 0) is 51.5 Å². The highest BCUT2D eigenvalue weighted by Crippen LogP contribution is 2.36. The van der Waals surface area contributed by atoms with Gasteiger partial charge >= 0.3 is 0 Å². The van der Waals surface area contributed by atoms with E-state index in [1.807, 2.05) is 27.7 Å². The molecule has 5 rings (SSSR count). The molecule has 1 aliphatic heterocycles. The van der Waals surface area contributed by atoms with Gasteiger partial charge < -0.3 is 15.2 Å². The maximum atomic E-state index is 15.0. The Morgan fingerprint density at radius 2 is 1.92 bits per heavy atom. The SMILES string of the molecule is Cn1cc2c(-c3cnc(-c4ccc(O[C@H]5CC(C)(C)NC(C)(C)[C@H]5F)nn4)c(O)c3)ccc(F)c2n1. The largest absolute Gasteiger partial charge is 0.506 e. The minimum absolute atomic E-state index is 0.109. The summed E-state index contributed by atoms with van der Waals surface area (Å²) in [6.45, 7) is 7.64. The molecule has 0 unspecified atom stereocenters. The van der Waals surface area contributed by atoms with Gasteiger partial charge in [-0.1, -0.05) is 6.07 Å². The molecule has 36 heavy (non-hydrogen) atoms. The number of nitrogens with one attached hydrogen (secondary N) is 1. The van der Waals surface area contributed by atoms with E-state index in [0.717, 1.165) is 0 Å². The van der Waals surface area contributed by atoms with Crippen LogP contribution < -0.4 is 10.1 Å². The zero-order valence-electron chi connectivity index (χ0n) is 20.8. The van der Waals surface area contributed by atoms with E-state index in [-0.39, 0.29) is 28.4 Å². The molecular formula is C26H28F2N6O2. The van der Waals surface area contributed by atoms with Crippen molar-refractivity contribution in [1.82, 2.24) is 30.3 Å². The smallest absolute Gasteiger partial charge is 0.233 e. The van der Waals surface area contributed by atoms with Gasteiger partial charge in [-0.3, -0.25) is 4.68 Å². The highest BCUT2D eigenvalue weighted by molar-refractivity contribution is 5.95. The van der Waals surface area contributed by atoms with Crippen LogP contribution in [0.4, 0.5) is 8.78 Å². The molecule has 4 heterocycles. The second-order valence-corrected chi connectivity index (χ2v) is 10.5. The molecule has 0 radical (unpaired) electrons. The summed E-state index contributed by atoms with van der Waals surface area (Å²) in [6, 6.07) is 7.72. The van der Waals surface area contributed by atoms with E-state index in [2.05, 4.69) is 25.6 Å². The lowest BCUT2D eigenvalue weighted by molar-refractivity contribution is -0.0281. The highest BCUT2D eigenvalue weighted by Gasteiger charge is 2.47. The van der Waals surface area contributed by atoms with Crippen molar-refractivity contribution >= 4 is 10.9 Å². The van der Waals surface area contributed by atoms with Crippen molar-refractivity contribution in [3.63, 3.8) is 0 Å². The monoisotopic (exact) mass is 494 g/mol. The van der Waals surface area contributed by atoms with Gasteiger partial charge in [0.1, 0.15) is 28.8 Å². The number of hydrogen-bond acceptors (Lipinski definition) is 7. The lowest BCUT2D eigenvalue weighted by Crippen LogP contribution is -2.66. The molecule has 3 aromatic heterocycles. The highest BCUT2D eigenvalue weighted by atomic mass is 19.1. The lowest BCUT2D eigenvalue weighted by atomic mass is 9.79.